The van der Waals surface area contributed by atoms with E-state index in [0.717, 1.165) is 5.33 Å². The fourth-order valence-electron chi connectivity index (χ4n) is 1.59. The van der Waals surface area contributed by atoms with Crippen molar-refractivity contribution in [1.29, 1.82) is 0 Å². The highest BCUT2D eigenvalue weighted by molar-refractivity contribution is 9.08. The van der Waals surface area contributed by atoms with E-state index in [0.29, 0.717) is 10.9 Å². The van der Waals surface area contributed by atoms with Crippen LogP contribution in [0, 0.1) is 0 Å². The lowest BCUT2D eigenvalue weighted by atomic mass is 10.2. The van der Waals surface area contributed by atoms with Crippen LogP contribution in [0.5, 0.6) is 5.75 Å². The third kappa shape index (κ3) is 8.97. The second-order valence-electron chi connectivity index (χ2n) is 4.69. The first-order valence-electron chi connectivity index (χ1n) is 7.30. The topological polar surface area (TPSA) is 20.2 Å². The molecular formula is C20H19BrCl2O. The molecule has 0 unspecified atom stereocenters. The van der Waals surface area contributed by atoms with E-state index in [1.165, 1.54) is 11.1 Å². The van der Waals surface area contributed by atoms with Gasteiger partial charge in [0, 0.05) is 11.2 Å². The Balaban J connectivity index is 0.000000180. The highest BCUT2D eigenvalue weighted by Gasteiger charge is 1.89. The molecule has 0 amide bonds. The Morgan fingerprint density at radius 3 is 1.46 bits per heavy atom. The van der Waals surface area contributed by atoms with Gasteiger partial charge in [-0.15, -0.1) is 11.6 Å². The Labute approximate surface area is 162 Å². The summed E-state index contributed by atoms with van der Waals surface area (Å²) in [4.78, 5) is 0. The number of halogens is 3. The highest BCUT2D eigenvalue weighted by Crippen LogP contribution is 2.20. The molecule has 1 N–H and O–H groups in total. The van der Waals surface area contributed by atoms with Gasteiger partial charge in [-0.3, -0.25) is 0 Å². The Morgan fingerprint density at radius 2 is 1.17 bits per heavy atom. The molecule has 0 aliphatic rings. The maximum atomic E-state index is 8.79. The van der Waals surface area contributed by atoms with Crippen LogP contribution in [0.25, 0.3) is 0 Å². The number of phenolic OH excluding ortho intramolecular Hbond substituents is 1. The number of rotatable bonds is 2. The Bertz CT molecular complexity index is 615. The molecule has 0 atom stereocenters. The molecule has 0 bridgehead atoms. The van der Waals surface area contributed by atoms with Crippen molar-refractivity contribution in [3.63, 3.8) is 0 Å². The van der Waals surface area contributed by atoms with Crippen LogP contribution in [-0.4, -0.2) is 5.11 Å². The van der Waals surface area contributed by atoms with Crippen molar-refractivity contribution in [3.05, 3.63) is 101 Å². The van der Waals surface area contributed by atoms with Crippen LogP contribution < -0.4 is 0 Å². The fraction of sp³-hybridized carbons (Fsp3) is 0.100. The quantitative estimate of drug-likeness (QED) is 0.436. The van der Waals surface area contributed by atoms with Crippen molar-refractivity contribution >= 4 is 39.1 Å². The number of hydrogen-bond acceptors (Lipinski definition) is 1. The molecule has 0 fully saturated rings. The van der Waals surface area contributed by atoms with Gasteiger partial charge in [0.15, 0.2) is 0 Å². The molecule has 3 rings (SSSR count). The summed E-state index contributed by atoms with van der Waals surface area (Å²) in [6, 6.07) is 26.9. The van der Waals surface area contributed by atoms with Crippen molar-refractivity contribution in [2.45, 2.75) is 11.2 Å². The van der Waals surface area contributed by atoms with Gasteiger partial charge in [-0.1, -0.05) is 100 Å². The third-order valence-electron chi connectivity index (χ3n) is 2.85. The molecule has 0 aromatic heterocycles. The van der Waals surface area contributed by atoms with E-state index in [1.807, 2.05) is 48.5 Å². The standard InChI is InChI=1S/C7H7Br.C7H7Cl.C6H5ClO/c2*8-6-7-4-2-1-3-5-7;7-5-3-1-2-4-6(5)8/h2*1-5H,6H2;1-4,8H. The average Bonchev–Trinajstić information content (AvgIpc) is 2.66. The lowest BCUT2D eigenvalue weighted by Gasteiger charge is -1.89. The van der Waals surface area contributed by atoms with Crippen molar-refractivity contribution < 1.29 is 5.11 Å². The third-order valence-corrected chi connectivity index (χ3v) is 4.12. The van der Waals surface area contributed by atoms with Crippen LogP contribution in [0.3, 0.4) is 0 Å². The van der Waals surface area contributed by atoms with E-state index in [4.69, 9.17) is 28.3 Å². The van der Waals surface area contributed by atoms with Gasteiger partial charge in [0.1, 0.15) is 5.75 Å². The molecule has 1 nitrogen and oxygen atoms in total. The molecule has 0 aliphatic heterocycles. The summed E-state index contributed by atoms with van der Waals surface area (Å²) < 4.78 is 0. The first kappa shape index (κ1) is 20.6. The van der Waals surface area contributed by atoms with Gasteiger partial charge in [-0.05, 0) is 23.3 Å². The summed E-state index contributed by atoms with van der Waals surface area (Å²) in [5, 5.41) is 10.1. The molecular weight excluding hydrogens is 407 g/mol. The number of alkyl halides is 2. The summed E-state index contributed by atoms with van der Waals surface area (Å²) in [5.41, 5.74) is 2.50. The summed E-state index contributed by atoms with van der Waals surface area (Å²) in [6.07, 6.45) is 0. The van der Waals surface area contributed by atoms with Gasteiger partial charge >= 0.3 is 0 Å². The van der Waals surface area contributed by atoms with Crippen molar-refractivity contribution in [3.8, 4) is 5.75 Å². The monoisotopic (exact) mass is 424 g/mol. The summed E-state index contributed by atoms with van der Waals surface area (Å²) in [6.45, 7) is 0. The van der Waals surface area contributed by atoms with Crippen molar-refractivity contribution in [1.82, 2.24) is 0 Å². The van der Waals surface area contributed by atoms with Crippen LogP contribution >= 0.6 is 39.1 Å². The molecule has 0 aliphatic carbocycles. The van der Waals surface area contributed by atoms with E-state index in [-0.39, 0.29) is 5.75 Å². The molecule has 24 heavy (non-hydrogen) atoms. The maximum Gasteiger partial charge on any atom is 0.134 e. The smallest absolute Gasteiger partial charge is 0.134 e. The van der Waals surface area contributed by atoms with Crippen LogP contribution in [0.1, 0.15) is 11.1 Å². The second kappa shape index (κ2) is 12.9. The van der Waals surface area contributed by atoms with Gasteiger partial charge in [0.25, 0.3) is 0 Å². The Kier molecular flexibility index (Phi) is 11.0. The summed E-state index contributed by atoms with van der Waals surface area (Å²) in [5.74, 6) is 0.745. The van der Waals surface area contributed by atoms with Crippen LogP contribution in [-0.2, 0) is 11.2 Å². The number of phenols is 1. The van der Waals surface area contributed by atoms with Crippen LogP contribution in [0.15, 0.2) is 84.9 Å². The lowest BCUT2D eigenvalue weighted by molar-refractivity contribution is 0.475. The zero-order valence-corrected chi connectivity index (χ0v) is 16.2. The van der Waals surface area contributed by atoms with Crippen molar-refractivity contribution in [2.75, 3.05) is 0 Å². The second-order valence-corrected chi connectivity index (χ2v) is 5.93. The molecule has 4 heteroatoms. The average molecular weight is 426 g/mol. The minimum atomic E-state index is 0.133. The lowest BCUT2D eigenvalue weighted by Crippen LogP contribution is -1.71. The first-order valence-corrected chi connectivity index (χ1v) is 9.34. The minimum absolute atomic E-state index is 0.133. The van der Waals surface area contributed by atoms with Gasteiger partial charge in [0.05, 0.1) is 5.02 Å². The van der Waals surface area contributed by atoms with Gasteiger partial charge < -0.3 is 5.11 Å². The molecule has 3 aromatic carbocycles. The number of aromatic hydroxyl groups is 1. The molecule has 126 valence electrons. The SMILES string of the molecule is BrCc1ccccc1.ClCc1ccccc1.Oc1ccccc1Cl. The molecule has 0 heterocycles. The minimum Gasteiger partial charge on any atom is -0.506 e. The fourth-order valence-corrected chi connectivity index (χ4v) is 2.27. The van der Waals surface area contributed by atoms with Gasteiger partial charge in [-0.2, -0.15) is 0 Å². The van der Waals surface area contributed by atoms with E-state index in [1.54, 1.807) is 24.3 Å². The van der Waals surface area contributed by atoms with Gasteiger partial charge in [-0.25, -0.2) is 0 Å². The zero-order chi connectivity index (χ0) is 17.6. The molecule has 3 aromatic rings. The number of benzene rings is 3. The van der Waals surface area contributed by atoms with E-state index in [9.17, 15) is 0 Å². The number of para-hydroxylation sites is 1. The zero-order valence-electron chi connectivity index (χ0n) is 13.1. The predicted octanol–water partition coefficient (Wildman–Crippen LogP) is 7.05. The summed E-state index contributed by atoms with van der Waals surface area (Å²) >= 11 is 14.3. The normalized spacial score (nSPS) is 9.12. The van der Waals surface area contributed by atoms with E-state index in [2.05, 4.69) is 28.1 Å². The molecule has 0 radical (unpaired) electrons. The van der Waals surface area contributed by atoms with E-state index >= 15 is 0 Å². The Morgan fingerprint density at radius 1 is 0.708 bits per heavy atom. The maximum absolute atomic E-state index is 8.79. The largest absolute Gasteiger partial charge is 0.506 e. The van der Waals surface area contributed by atoms with Crippen molar-refractivity contribution in [2.24, 2.45) is 0 Å². The van der Waals surface area contributed by atoms with Crippen LogP contribution in [0.4, 0.5) is 0 Å². The Hall–Kier alpha value is -1.48. The highest BCUT2D eigenvalue weighted by atomic mass is 79.9. The molecule has 0 spiro atoms. The molecule has 0 saturated heterocycles. The predicted molar refractivity (Wildman–Crippen MR) is 108 cm³/mol. The van der Waals surface area contributed by atoms with Crippen LogP contribution in [0.2, 0.25) is 5.02 Å². The van der Waals surface area contributed by atoms with E-state index < -0.39 is 0 Å². The summed E-state index contributed by atoms with van der Waals surface area (Å²) in [7, 11) is 0. The van der Waals surface area contributed by atoms with Gasteiger partial charge in [0.2, 0.25) is 0 Å². The molecule has 0 saturated carbocycles. The first-order chi connectivity index (χ1) is 11.7. The number of hydrogen-bond donors (Lipinski definition) is 1.